The molecule has 0 unspecified atom stereocenters. The second-order valence-corrected chi connectivity index (χ2v) is 4.04. The zero-order valence-electron chi connectivity index (χ0n) is 10.0. The summed E-state index contributed by atoms with van der Waals surface area (Å²) in [4.78, 5) is 0. The van der Waals surface area contributed by atoms with Gasteiger partial charge in [0.05, 0.1) is 26.9 Å². The first-order valence-corrected chi connectivity index (χ1v) is 5.28. The summed E-state index contributed by atoms with van der Waals surface area (Å²) in [6.45, 7) is 0. The second kappa shape index (κ2) is 4.07. The van der Waals surface area contributed by atoms with E-state index in [1.807, 2.05) is 0 Å². The number of methoxy groups -OCH3 is 3. The Morgan fingerprint density at radius 1 is 1.12 bits per heavy atom. The van der Waals surface area contributed by atoms with E-state index in [9.17, 15) is 9.50 Å². The smallest absolute Gasteiger partial charge is 0.211 e. The minimum Gasteiger partial charge on any atom is -0.493 e. The van der Waals surface area contributed by atoms with Crippen LogP contribution in [0.3, 0.4) is 0 Å². The van der Waals surface area contributed by atoms with Crippen molar-refractivity contribution in [2.45, 2.75) is 18.4 Å². The molecule has 4 nitrogen and oxygen atoms in total. The van der Waals surface area contributed by atoms with Gasteiger partial charge in [0, 0.05) is 5.56 Å². The van der Waals surface area contributed by atoms with Gasteiger partial charge in [-0.3, -0.25) is 0 Å². The van der Waals surface area contributed by atoms with Crippen LogP contribution in [0.25, 0.3) is 0 Å². The van der Waals surface area contributed by atoms with Crippen molar-refractivity contribution in [3.8, 4) is 17.2 Å². The van der Waals surface area contributed by atoms with E-state index in [2.05, 4.69) is 0 Å². The first-order chi connectivity index (χ1) is 8.07. The predicted molar refractivity (Wildman–Crippen MR) is 59.2 cm³/mol. The van der Waals surface area contributed by atoms with Crippen molar-refractivity contribution in [2.75, 3.05) is 21.3 Å². The Morgan fingerprint density at radius 3 is 2.12 bits per heavy atom. The van der Waals surface area contributed by atoms with Crippen LogP contribution >= 0.6 is 0 Å². The molecule has 17 heavy (non-hydrogen) atoms. The predicted octanol–water partition coefficient (Wildman–Crippen LogP) is 1.83. The molecule has 0 amide bonds. The molecule has 1 saturated carbocycles. The lowest BCUT2D eigenvalue weighted by Crippen LogP contribution is -2.10. The maximum atomic E-state index is 14.1. The van der Waals surface area contributed by atoms with Gasteiger partial charge < -0.3 is 19.3 Å². The van der Waals surface area contributed by atoms with Gasteiger partial charge in [0.1, 0.15) is 0 Å². The maximum Gasteiger partial charge on any atom is 0.211 e. The summed E-state index contributed by atoms with van der Waals surface area (Å²) in [5.74, 6) is -0.397. The number of halogens is 1. The average molecular weight is 242 g/mol. The van der Waals surface area contributed by atoms with Gasteiger partial charge in [-0.05, 0) is 18.9 Å². The molecule has 1 fully saturated rings. The van der Waals surface area contributed by atoms with Crippen LogP contribution in [0, 0.1) is 5.82 Å². The monoisotopic (exact) mass is 242 g/mol. The molecule has 0 heterocycles. The van der Waals surface area contributed by atoms with Gasteiger partial charge in [-0.1, -0.05) is 0 Å². The van der Waals surface area contributed by atoms with E-state index < -0.39 is 11.4 Å². The van der Waals surface area contributed by atoms with Crippen LogP contribution in [0.1, 0.15) is 18.4 Å². The van der Waals surface area contributed by atoms with Gasteiger partial charge in [-0.25, -0.2) is 0 Å². The Balaban J connectivity index is 2.63. The topological polar surface area (TPSA) is 47.9 Å². The number of ether oxygens (including phenoxy) is 3. The number of rotatable bonds is 4. The SMILES string of the molecule is COc1cc(C2(O)CC2)c(OC)c(F)c1OC. The first-order valence-electron chi connectivity index (χ1n) is 5.28. The summed E-state index contributed by atoms with van der Waals surface area (Å²) in [6.07, 6.45) is 1.19. The lowest BCUT2D eigenvalue weighted by molar-refractivity contribution is 0.145. The van der Waals surface area contributed by atoms with Gasteiger partial charge >= 0.3 is 0 Å². The molecule has 5 heteroatoms. The van der Waals surface area contributed by atoms with E-state index in [1.54, 1.807) is 6.07 Å². The fraction of sp³-hybridized carbons (Fsp3) is 0.500. The summed E-state index contributed by atoms with van der Waals surface area (Å²) < 4.78 is 29.1. The average Bonchev–Trinajstić information content (AvgIpc) is 3.07. The van der Waals surface area contributed by atoms with Crippen LogP contribution in [0.2, 0.25) is 0 Å². The van der Waals surface area contributed by atoms with E-state index in [4.69, 9.17) is 14.2 Å². The normalized spacial score (nSPS) is 16.5. The number of hydrogen-bond donors (Lipinski definition) is 1. The Morgan fingerprint density at radius 2 is 1.71 bits per heavy atom. The highest BCUT2D eigenvalue weighted by Gasteiger charge is 2.46. The molecule has 94 valence electrons. The third-order valence-corrected chi connectivity index (χ3v) is 3.00. The number of benzene rings is 1. The van der Waals surface area contributed by atoms with Crippen LogP contribution in [0.5, 0.6) is 17.2 Å². The molecule has 1 aliphatic carbocycles. The summed E-state index contributed by atoms with van der Waals surface area (Å²) in [7, 11) is 4.13. The number of hydrogen-bond acceptors (Lipinski definition) is 4. The summed E-state index contributed by atoms with van der Waals surface area (Å²) in [5, 5.41) is 10.1. The van der Waals surface area contributed by atoms with Crippen molar-refractivity contribution >= 4 is 0 Å². The molecule has 1 aliphatic rings. The molecular formula is C12H15FO4. The lowest BCUT2D eigenvalue weighted by Gasteiger charge is -2.18. The van der Waals surface area contributed by atoms with Crippen molar-refractivity contribution in [1.29, 1.82) is 0 Å². The highest BCUT2D eigenvalue weighted by Crippen LogP contribution is 2.52. The highest BCUT2D eigenvalue weighted by molar-refractivity contribution is 5.55. The van der Waals surface area contributed by atoms with E-state index >= 15 is 0 Å². The van der Waals surface area contributed by atoms with Crippen LogP contribution in [0.15, 0.2) is 6.07 Å². The van der Waals surface area contributed by atoms with Gasteiger partial charge in [0.2, 0.25) is 11.6 Å². The Hall–Kier alpha value is -1.49. The van der Waals surface area contributed by atoms with Crippen molar-refractivity contribution in [1.82, 2.24) is 0 Å². The van der Waals surface area contributed by atoms with Crippen molar-refractivity contribution < 1.29 is 23.7 Å². The van der Waals surface area contributed by atoms with Crippen molar-refractivity contribution in [3.63, 3.8) is 0 Å². The first kappa shape index (κ1) is 12.0. The molecule has 0 aliphatic heterocycles. The van der Waals surface area contributed by atoms with Crippen LogP contribution in [-0.4, -0.2) is 26.4 Å². The maximum absolute atomic E-state index is 14.1. The Kier molecular flexibility index (Phi) is 2.87. The summed E-state index contributed by atoms with van der Waals surface area (Å²) in [6, 6.07) is 1.56. The summed E-state index contributed by atoms with van der Waals surface area (Å²) >= 11 is 0. The Labute approximate surface area is 98.9 Å². The zero-order valence-corrected chi connectivity index (χ0v) is 10.0. The fourth-order valence-corrected chi connectivity index (χ4v) is 1.87. The molecule has 1 N–H and O–H groups in total. The quantitative estimate of drug-likeness (QED) is 0.875. The molecule has 0 atom stereocenters. The van der Waals surface area contributed by atoms with E-state index in [1.165, 1.54) is 21.3 Å². The van der Waals surface area contributed by atoms with Crippen LogP contribution in [-0.2, 0) is 5.60 Å². The van der Waals surface area contributed by atoms with Gasteiger partial charge in [0.15, 0.2) is 11.5 Å². The van der Waals surface area contributed by atoms with Crippen molar-refractivity contribution in [3.05, 3.63) is 17.4 Å². The standard InChI is InChI=1S/C12H15FO4/c1-15-8-6-7(12(14)4-5-12)10(16-2)9(13)11(8)17-3/h6,14H,4-5H2,1-3H3. The van der Waals surface area contributed by atoms with Crippen LogP contribution in [0.4, 0.5) is 4.39 Å². The molecule has 2 rings (SSSR count). The minimum atomic E-state index is -0.994. The molecule has 0 aromatic heterocycles. The fourth-order valence-electron chi connectivity index (χ4n) is 1.87. The van der Waals surface area contributed by atoms with Gasteiger partial charge in [-0.15, -0.1) is 0 Å². The van der Waals surface area contributed by atoms with E-state index in [0.717, 1.165) is 0 Å². The number of aliphatic hydroxyl groups is 1. The lowest BCUT2D eigenvalue weighted by atomic mass is 10.0. The molecule has 0 saturated heterocycles. The molecular weight excluding hydrogens is 227 g/mol. The molecule has 1 aromatic rings. The minimum absolute atomic E-state index is 0.0163. The van der Waals surface area contributed by atoms with Gasteiger partial charge in [-0.2, -0.15) is 4.39 Å². The molecule has 1 aromatic carbocycles. The largest absolute Gasteiger partial charge is 0.493 e. The highest BCUT2D eigenvalue weighted by atomic mass is 19.1. The zero-order chi connectivity index (χ0) is 12.6. The molecule has 0 radical (unpaired) electrons. The Bertz CT molecular complexity index is 441. The van der Waals surface area contributed by atoms with Crippen LogP contribution < -0.4 is 14.2 Å². The molecule has 0 spiro atoms. The third kappa shape index (κ3) is 1.80. The van der Waals surface area contributed by atoms with E-state index in [-0.39, 0.29) is 17.2 Å². The second-order valence-electron chi connectivity index (χ2n) is 4.04. The third-order valence-electron chi connectivity index (χ3n) is 3.00. The van der Waals surface area contributed by atoms with Crippen molar-refractivity contribution in [2.24, 2.45) is 0 Å². The van der Waals surface area contributed by atoms with E-state index in [0.29, 0.717) is 18.4 Å². The van der Waals surface area contributed by atoms with Gasteiger partial charge in [0.25, 0.3) is 0 Å². The molecule has 0 bridgehead atoms. The summed E-state index contributed by atoms with van der Waals surface area (Å²) in [5.41, 5.74) is -0.582.